The van der Waals surface area contributed by atoms with E-state index in [2.05, 4.69) is 11.3 Å². The lowest BCUT2D eigenvalue weighted by atomic mass is 10.2. The number of unbranched alkanes of at least 4 members (excludes halogenated alkanes) is 3. The first kappa shape index (κ1) is 20.0. The van der Waals surface area contributed by atoms with E-state index in [0.29, 0.717) is 13.2 Å². The van der Waals surface area contributed by atoms with Gasteiger partial charge in [-0.25, -0.2) is 4.79 Å². The third kappa shape index (κ3) is 9.85. The van der Waals surface area contributed by atoms with Crippen LogP contribution in [0.1, 0.15) is 38.2 Å². The van der Waals surface area contributed by atoms with Gasteiger partial charge in [0.2, 0.25) is 0 Å². The number of ether oxygens (including phenoxy) is 3. The molecule has 0 fully saturated rings. The third-order valence-electron chi connectivity index (χ3n) is 3.29. The standard InChI is InChI=1S/C20H28O4/c1-17(2)16-23-14-6-4-5-7-15-24-19-11-8-18(9-12-19)10-13-20(21)22-3/h8-13H,1,4-7,14-16H2,2-3H3/b13-10+. The van der Waals surface area contributed by atoms with Crippen LogP contribution in [0.15, 0.2) is 42.5 Å². The minimum atomic E-state index is -0.361. The molecule has 4 heteroatoms. The van der Waals surface area contributed by atoms with Crippen LogP contribution in [0.2, 0.25) is 0 Å². The van der Waals surface area contributed by atoms with Crippen LogP contribution in [-0.2, 0) is 14.3 Å². The van der Waals surface area contributed by atoms with E-state index in [9.17, 15) is 4.79 Å². The molecule has 0 radical (unpaired) electrons. The van der Waals surface area contributed by atoms with Crippen molar-refractivity contribution in [3.8, 4) is 5.75 Å². The summed E-state index contributed by atoms with van der Waals surface area (Å²) in [5, 5.41) is 0. The number of carbonyl (C=O) groups is 1. The normalized spacial score (nSPS) is 10.8. The van der Waals surface area contributed by atoms with Crippen molar-refractivity contribution in [2.45, 2.75) is 32.6 Å². The van der Waals surface area contributed by atoms with Gasteiger partial charge in [0.15, 0.2) is 0 Å². The molecule has 4 nitrogen and oxygen atoms in total. The molecule has 1 rings (SSSR count). The molecule has 1 aromatic carbocycles. The van der Waals surface area contributed by atoms with Crippen molar-refractivity contribution in [1.82, 2.24) is 0 Å². The Morgan fingerprint density at radius 2 is 1.75 bits per heavy atom. The molecule has 0 spiro atoms. The van der Waals surface area contributed by atoms with Crippen molar-refractivity contribution >= 4 is 12.0 Å². The van der Waals surface area contributed by atoms with Crippen molar-refractivity contribution in [2.24, 2.45) is 0 Å². The van der Waals surface area contributed by atoms with Crippen LogP contribution in [0.5, 0.6) is 5.75 Å². The Kier molecular flexibility index (Phi) is 10.3. The highest BCUT2D eigenvalue weighted by Gasteiger charge is 1.96. The fourth-order valence-corrected chi connectivity index (χ4v) is 2.00. The molecule has 24 heavy (non-hydrogen) atoms. The molecule has 0 amide bonds. The van der Waals surface area contributed by atoms with E-state index < -0.39 is 0 Å². The van der Waals surface area contributed by atoms with Crippen LogP contribution in [0.25, 0.3) is 6.08 Å². The molecule has 0 N–H and O–H groups in total. The summed E-state index contributed by atoms with van der Waals surface area (Å²) in [6.07, 6.45) is 7.51. The fourth-order valence-electron chi connectivity index (χ4n) is 2.00. The van der Waals surface area contributed by atoms with Gasteiger partial charge in [0.05, 0.1) is 20.3 Å². The topological polar surface area (TPSA) is 44.8 Å². The van der Waals surface area contributed by atoms with Crippen LogP contribution in [0.3, 0.4) is 0 Å². The van der Waals surface area contributed by atoms with Gasteiger partial charge in [0.25, 0.3) is 0 Å². The maximum absolute atomic E-state index is 11.0. The number of hydrogen-bond acceptors (Lipinski definition) is 4. The Morgan fingerprint density at radius 3 is 2.38 bits per heavy atom. The SMILES string of the molecule is C=C(C)COCCCCCCOc1ccc(/C=C/C(=O)OC)cc1. The minimum Gasteiger partial charge on any atom is -0.494 e. The van der Waals surface area contributed by atoms with Gasteiger partial charge >= 0.3 is 5.97 Å². The molecule has 132 valence electrons. The van der Waals surface area contributed by atoms with Gasteiger partial charge in [-0.05, 0) is 50.0 Å². The van der Waals surface area contributed by atoms with Gasteiger partial charge in [-0.15, -0.1) is 0 Å². The monoisotopic (exact) mass is 332 g/mol. The Hall–Kier alpha value is -2.07. The van der Waals surface area contributed by atoms with Gasteiger partial charge in [-0.1, -0.05) is 30.7 Å². The summed E-state index contributed by atoms with van der Waals surface area (Å²) < 4.78 is 15.7. The molecular weight excluding hydrogens is 304 g/mol. The summed E-state index contributed by atoms with van der Waals surface area (Å²) in [5.41, 5.74) is 2.00. The first-order valence-corrected chi connectivity index (χ1v) is 8.33. The lowest BCUT2D eigenvalue weighted by Crippen LogP contribution is -1.99. The van der Waals surface area contributed by atoms with E-state index in [0.717, 1.165) is 49.2 Å². The first-order chi connectivity index (χ1) is 11.6. The van der Waals surface area contributed by atoms with E-state index in [1.54, 1.807) is 6.08 Å². The van der Waals surface area contributed by atoms with Crippen LogP contribution >= 0.6 is 0 Å². The summed E-state index contributed by atoms with van der Waals surface area (Å²) in [5.74, 6) is 0.482. The van der Waals surface area contributed by atoms with E-state index in [4.69, 9.17) is 9.47 Å². The van der Waals surface area contributed by atoms with Crippen molar-refractivity contribution in [1.29, 1.82) is 0 Å². The molecule has 0 aliphatic heterocycles. The second kappa shape index (κ2) is 12.4. The highest BCUT2D eigenvalue weighted by atomic mass is 16.5. The van der Waals surface area contributed by atoms with Gasteiger partial charge in [-0.3, -0.25) is 0 Å². The second-order valence-electron chi connectivity index (χ2n) is 5.70. The third-order valence-corrected chi connectivity index (χ3v) is 3.29. The molecular formula is C20H28O4. The summed E-state index contributed by atoms with van der Waals surface area (Å²) in [7, 11) is 1.36. The number of hydrogen-bond donors (Lipinski definition) is 0. The van der Waals surface area contributed by atoms with E-state index in [-0.39, 0.29) is 5.97 Å². The molecule has 0 bridgehead atoms. The second-order valence-corrected chi connectivity index (χ2v) is 5.70. The highest BCUT2D eigenvalue weighted by Crippen LogP contribution is 2.14. The zero-order valence-corrected chi connectivity index (χ0v) is 14.8. The highest BCUT2D eigenvalue weighted by molar-refractivity contribution is 5.86. The number of esters is 1. The van der Waals surface area contributed by atoms with Crippen LogP contribution in [-0.4, -0.2) is 32.9 Å². The molecule has 0 unspecified atom stereocenters. The first-order valence-electron chi connectivity index (χ1n) is 8.33. The molecule has 0 saturated heterocycles. The van der Waals surface area contributed by atoms with Gasteiger partial charge in [0, 0.05) is 12.7 Å². The van der Waals surface area contributed by atoms with E-state index in [1.165, 1.54) is 13.2 Å². The number of benzene rings is 1. The maximum Gasteiger partial charge on any atom is 0.330 e. The molecule has 0 aromatic heterocycles. The Bertz CT molecular complexity index is 517. The molecule has 0 aliphatic rings. The smallest absolute Gasteiger partial charge is 0.330 e. The summed E-state index contributed by atoms with van der Waals surface area (Å²) in [6, 6.07) is 7.63. The summed E-state index contributed by atoms with van der Waals surface area (Å²) in [6.45, 7) is 7.95. The van der Waals surface area contributed by atoms with Crippen LogP contribution < -0.4 is 4.74 Å². The van der Waals surface area contributed by atoms with Crippen LogP contribution in [0.4, 0.5) is 0 Å². The Balaban J connectivity index is 2.10. The van der Waals surface area contributed by atoms with Gasteiger partial charge < -0.3 is 14.2 Å². The predicted molar refractivity (Wildman–Crippen MR) is 97.1 cm³/mol. The number of carbonyl (C=O) groups excluding carboxylic acids is 1. The average Bonchev–Trinajstić information content (AvgIpc) is 2.59. The van der Waals surface area contributed by atoms with Crippen molar-refractivity contribution in [2.75, 3.05) is 26.9 Å². The average molecular weight is 332 g/mol. The fraction of sp³-hybridized carbons (Fsp3) is 0.450. The molecule has 0 heterocycles. The van der Waals surface area contributed by atoms with E-state index >= 15 is 0 Å². The largest absolute Gasteiger partial charge is 0.494 e. The molecule has 0 atom stereocenters. The predicted octanol–water partition coefficient (Wildman–Crippen LogP) is 4.40. The zero-order chi connectivity index (χ0) is 17.6. The molecule has 1 aromatic rings. The van der Waals surface area contributed by atoms with E-state index in [1.807, 2.05) is 31.2 Å². The summed E-state index contributed by atoms with van der Waals surface area (Å²) >= 11 is 0. The number of methoxy groups -OCH3 is 1. The zero-order valence-electron chi connectivity index (χ0n) is 14.8. The van der Waals surface area contributed by atoms with Gasteiger partial charge in [0.1, 0.15) is 5.75 Å². The Morgan fingerprint density at radius 1 is 1.08 bits per heavy atom. The lowest BCUT2D eigenvalue weighted by Gasteiger charge is -2.07. The van der Waals surface area contributed by atoms with Crippen molar-refractivity contribution < 1.29 is 19.0 Å². The van der Waals surface area contributed by atoms with Crippen molar-refractivity contribution in [3.63, 3.8) is 0 Å². The minimum absolute atomic E-state index is 0.361. The van der Waals surface area contributed by atoms with Crippen molar-refractivity contribution in [3.05, 3.63) is 48.1 Å². The summed E-state index contributed by atoms with van der Waals surface area (Å²) in [4.78, 5) is 11.0. The lowest BCUT2D eigenvalue weighted by molar-refractivity contribution is -0.134. The van der Waals surface area contributed by atoms with Gasteiger partial charge in [-0.2, -0.15) is 0 Å². The molecule has 0 aliphatic carbocycles. The maximum atomic E-state index is 11.0. The van der Waals surface area contributed by atoms with Crippen LogP contribution in [0, 0.1) is 0 Å². The molecule has 0 saturated carbocycles. The Labute approximate surface area is 145 Å². The quantitative estimate of drug-likeness (QED) is 0.246. The number of rotatable bonds is 12.